The summed E-state index contributed by atoms with van der Waals surface area (Å²) in [6, 6.07) is 5.52. The van der Waals surface area contributed by atoms with Crippen molar-refractivity contribution in [2.24, 2.45) is 10.9 Å². The van der Waals surface area contributed by atoms with Crippen LogP contribution in [0.15, 0.2) is 23.4 Å². The molecule has 1 rings (SSSR count). The van der Waals surface area contributed by atoms with E-state index in [1.807, 2.05) is 30.8 Å². The van der Waals surface area contributed by atoms with Gasteiger partial charge >= 0.3 is 0 Å². The predicted octanol–water partition coefficient (Wildman–Crippen LogP) is 2.61. The van der Waals surface area contributed by atoms with E-state index in [0.29, 0.717) is 12.2 Å². The van der Waals surface area contributed by atoms with E-state index in [0.717, 1.165) is 29.2 Å². The van der Waals surface area contributed by atoms with Gasteiger partial charge in [-0.15, -0.1) is 0 Å². The van der Waals surface area contributed by atoms with Gasteiger partial charge in [0.1, 0.15) is 5.75 Å². The molecule has 0 aromatic heterocycles. The van der Waals surface area contributed by atoms with Gasteiger partial charge in [0.05, 0.1) is 6.61 Å². The first kappa shape index (κ1) is 14.7. The lowest BCUT2D eigenvalue weighted by Crippen LogP contribution is -2.13. The lowest BCUT2D eigenvalue weighted by Gasteiger charge is -2.10. The molecule has 5 heteroatoms. The molecule has 0 radical (unpaired) electrons. The number of rotatable bonds is 7. The molecular weight excluding hydrogens is 248 g/mol. The van der Waals surface area contributed by atoms with E-state index >= 15 is 0 Å². The van der Waals surface area contributed by atoms with Crippen LogP contribution in [0.25, 0.3) is 0 Å². The number of hydrogen-bond acceptors (Lipinski definition) is 4. The first-order valence-electron chi connectivity index (χ1n) is 5.98. The summed E-state index contributed by atoms with van der Waals surface area (Å²) in [5.74, 6) is 3.13. The molecular formula is C13H20N2O2S. The van der Waals surface area contributed by atoms with E-state index in [2.05, 4.69) is 12.1 Å². The zero-order valence-electron chi connectivity index (χ0n) is 10.8. The van der Waals surface area contributed by atoms with E-state index in [-0.39, 0.29) is 5.84 Å². The van der Waals surface area contributed by atoms with Gasteiger partial charge in [-0.1, -0.05) is 24.2 Å². The third kappa shape index (κ3) is 4.49. The van der Waals surface area contributed by atoms with Crippen LogP contribution < -0.4 is 10.5 Å². The van der Waals surface area contributed by atoms with Crippen LogP contribution in [-0.4, -0.2) is 29.2 Å². The van der Waals surface area contributed by atoms with Gasteiger partial charge in [0.25, 0.3) is 0 Å². The summed E-state index contributed by atoms with van der Waals surface area (Å²) in [6.45, 7) is 4.82. The molecule has 0 aliphatic rings. The highest BCUT2D eigenvalue weighted by Gasteiger charge is 2.05. The van der Waals surface area contributed by atoms with E-state index < -0.39 is 0 Å². The van der Waals surface area contributed by atoms with Gasteiger partial charge in [0, 0.05) is 5.56 Å². The first-order chi connectivity index (χ1) is 8.69. The minimum Gasteiger partial charge on any atom is -0.493 e. The normalized spacial score (nSPS) is 11.6. The van der Waals surface area contributed by atoms with E-state index in [1.165, 1.54) is 0 Å². The van der Waals surface area contributed by atoms with Crippen molar-refractivity contribution in [2.45, 2.75) is 20.3 Å². The monoisotopic (exact) mass is 268 g/mol. The Hall–Kier alpha value is -1.36. The van der Waals surface area contributed by atoms with Crippen LogP contribution in [0.3, 0.4) is 0 Å². The molecule has 1 aromatic carbocycles. The molecule has 0 bridgehead atoms. The van der Waals surface area contributed by atoms with E-state index in [4.69, 9.17) is 15.7 Å². The molecule has 0 fully saturated rings. The molecule has 1 aromatic rings. The number of amidine groups is 1. The van der Waals surface area contributed by atoms with Gasteiger partial charge < -0.3 is 15.7 Å². The summed E-state index contributed by atoms with van der Waals surface area (Å²) in [5.41, 5.74) is 7.27. The smallest absolute Gasteiger partial charge is 0.170 e. The second-order valence-electron chi connectivity index (χ2n) is 3.86. The number of thioether (sulfide) groups is 1. The Morgan fingerprint density at radius 1 is 1.50 bits per heavy atom. The number of oxime groups is 1. The Morgan fingerprint density at radius 2 is 2.28 bits per heavy atom. The molecule has 0 spiro atoms. The molecule has 0 amide bonds. The molecule has 0 aliphatic heterocycles. The van der Waals surface area contributed by atoms with Crippen molar-refractivity contribution in [1.29, 1.82) is 0 Å². The molecule has 0 heterocycles. The summed E-state index contributed by atoms with van der Waals surface area (Å²) in [4.78, 5) is 0. The molecule has 3 N–H and O–H groups in total. The highest BCUT2D eigenvalue weighted by atomic mass is 32.2. The highest BCUT2D eigenvalue weighted by Crippen LogP contribution is 2.20. The number of ether oxygens (including phenoxy) is 1. The van der Waals surface area contributed by atoms with Crippen LogP contribution in [0.2, 0.25) is 0 Å². The summed E-state index contributed by atoms with van der Waals surface area (Å²) in [5, 5.41) is 11.6. The zero-order valence-corrected chi connectivity index (χ0v) is 11.7. The maximum Gasteiger partial charge on any atom is 0.170 e. The van der Waals surface area contributed by atoms with Gasteiger partial charge in [-0.05, 0) is 36.5 Å². The minimum absolute atomic E-state index is 0.0985. The van der Waals surface area contributed by atoms with Crippen LogP contribution in [0.5, 0.6) is 5.75 Å². The van der Waals surface area contributed by atoms with Crippen molar-refractivity contribution in [2.75, 3.05) is 18.1 Å². The summed E-state index contributed by atoms with van der Waals surface area (Å²) in [6.07, 6.45) is 1.02. The lowest BCUT2D eigenvalue weighted by molar-refractivity contribution is 0.315. The summed E-state index contributed by atoms with van der Waals surface area (Å²) >= 11 is 1.91. The molecule has 0 atom stereocenters. The lowest BCUT2D eigenvalue weighted by atomic mass is 10.1. The predicted molar refractivity (Wildman–Crippen MR) is 76.8 cm³/mol. The van der Waals surface area contributed by atoms with Gasteiger partial charge in [-0.3, -0.25) is 0 Å². The Kier molecular flexibility index (Phi) is 6.43. The summed E-state index contributed by atoms with van der Waals surface area (Å²) < 4.78 is 5.71. The van der Waals surface area contributed by atoms with Gasteiger partial charge in [-0.2, -0.15) is 11.8 Å². The Morgan fingerprint density at radius 3 is 2.94 bits per heavy atom. The fourth-order valence-electron chi connectivity index (χ4n) is 1.46. The van der Waals surface area contributed by atoms with E-state index in [1.54, 1.807) is 6.07 Å². The fraction of sp³-hybridized carbons (Fsp3) is 0.462. The van der Waals surface area contributed by atoms with Crippen molar-refractivity contribution in [3.63, 3.8) is 0 Å². The van der Waals surface area contributed by atoms with Crippen LogP contribution in [0, 0.1) is 6.92 Å². The second kappa shape index (κ2) is 7.87. The Bertz CT molecular complexity index is 408. The SMILES string of the molecule is CCSCCCOc1cc(/C(N)=N/O)ccc1C. The standard InChI is InChI=1S/C13H20N2O2S/c1-3-18-8-4-7-17-12-9-11(13(14)15-16)6-5-10(12)2/h5-6,9,16H,3-4,7-8H2,1-2H3,(H2,14,15). The fourth-order valence-corrected chi connectivity index (χ4v) is 2.07. The Balaban J connectivity index is 2.59. The van der Waals surface area contributed by atoms with Gasteiger partial charge in [0.15, 0.2) is 5.84 Å². The maximum atomic E-state index is 8.64. The maximum absolute atomic E-state index is 8.64. The van der Waals surface area contributed by atoms with Crippen molar-refractivity contribution in [3.8, 4) is 5.75 Å². The average molecular weight is 268 g/mol. The van der Waals surface area contributed by atoms with Crippen molar-refractivity contribution < 1.29 is 9.94 Å². The minimum atomic E-state index is 0.0985. The third-order valence-corrected chi connectivity index (χ3v) is 3.47. The highest BCUT2D eigenvalue weighted by molar-refractivity contribution is 7.99. The van der Waals surface area contributed by atoms with Crippen LogP contribution >= 0.6 is 11.8 Å². The van der Waals surface area contributed by atoms with Crippen molar-refractivity contribution in [3.05, 3.63) is 29.3 Å². The number of nitrogens with zero attached hydrogens (tertiary/aromatic N) is 1. The van der Waals surface area contributed by atoms with Crippen LogP contribution in [-0.2, 0) is 0 Å². The average Bonchev–Trinajstić information content (AvgIpc) is 2.39. The Labute approximate surface area is 112 Å². The van der Waals surface area contributed by atoms with Crippen LogP contribution in [0.4, 0.5) is 0 Å². The number of aryl methyl sites for hydroxylation is 1. The quantitative estimate of drug-likeness (QED) is 0.262. The molecule has 0 aliphatic carbocycles. The molecule has 0 saturated carbocycles. The number of nitrogens with two attached hydrogens (primary N) is 1. The third-order valence-electron chi connectivity index (χ3n) is 2.49. The molecule has 0 unspecified atom stereocenters. The molecule has 4 nitrogen and oxygen atoms in total. The summed E-state index contributed by atoms with van der Waals surface area (Å²) in [7, 11) is 0. The van der Waals surface area contributed by atoms with Crippen LogP contribution in [0.1, 0.15) is 24.5 Å². The molecule has 100 valence electrons. The van der Waals surface area contributed by atoms with Crippen molar-refractivity contribution in [1.82, 2.24) is 0 Å². The first-order valence-corrected chi connectivity index (χ1v) is 7.13. The second-order valence-corrected chi connectivity index (χ2v) is 5.26. The zero-order chi connectivity index (χ0) is 13.4. The molecule has 0 saturated heterocycles. The van der Waals surface area contributed by atoms with Gasteiger partial charge in [0.2, 0.25) is 0 Å². The largest absolute Gasteiger partial charge is 0.493 e. The number of benzene rings is 1. The molecule has 18 heavy (non-hydrogen) atoms. The topological polar surface area (TPSA) is 67.8 Å². The number of hydrogen-bond donors (Lipinski definition) is 2. The van der Waals surface area contributed by atoms with Crippen molar-refractivity contribution >= 4 is 17.6 Å². The van der Waals surface area contributed by atoms with Gasteiger partial charge in [-0.25, -0.2) is 0 Å². The van der Waals surface area contributed by atoms with E-state index in [9.17, 15) is 0 Å².